The van der Waals surface area contributed by atoms with Crippen LogP contribution in [0.25, 0.3) is 11.0 Å². The number of halogens is 3. The molecule has 8 heteroatoms. The van der Waals surface area contributed by atoms with E-state index in [9.17, 15) is 18.0 Å². The Morgan fingerprint density at radius 3 is 2.11 bits per heavy atom. The van der Waals surface area contributed by atoms with Gasteiger partial charge in [0.2, 0.25) is 0 Å². The smallest absolute Gasteiger partial charge is 0.417 e. The fraction of sp³-hybridized carbons (Fsp3) is 0.105. The largest absolute Gasteiger partial charge is 0.422 e. The molecule has 4 rings (SSSR count). The Kier molecular flexibility index (Phi) is 5.35. The Balaban J connectivity index is 0.000000364. The van der Waals surface area contributed by atoms with E-state index in [1.54, 1.807) is 30.3 Å². The van der Waals surface area contributed by atoms with Gasteiger partial charge in [0, 0.05) is 11.8 Å². The van der Waals surface area contributed by atoms with E-state index in [1.165, 1.54) is 36.7 Å². The first-order chi connectivity index (χ1) is 13.0. The third-order valence-electron chi connectivity index (χ3n) is 3.70. The van der Waals surface area contributed by atoms with E-state index in [4.69, 9.17) is 4.42 Å². The number of alkyl halides is 3. The molecule has 0 fully saturated rings. The molecule has 0 saturated carbocycles. The highest BCUT2D eigenvalue weighted by Crippen LogP contribution is 2.36. The lowest BCUT2D eigenvalue weighted by molar-refractivity contribution is -0.137. The third kappa shape index (κ3) is 4.41. The van der Waals surface area contributed by atoms with Gasteiger partial charge in [0.05, 0.1) is 23.5 Å². The van der Waals surface area contributed by atoms with Crippen LogP contribution in [-0.4, -0.2) is 10.3 Å². The lowest BCUT2D eigenvalue weighted by Gasteiger charge is -2.14. The standard InChI is InChI=1S/C17H11F3O2.C2H2N2O/c18-17(19,20)15-12-8-4-5-9-14(12)22-16(21)13(15)10-11-6-2-1-3-7-11;1-2-4-5-3-1/h1-9H,10H2;1-2H. The second kappa shape index (κ2) is 7.86. The zero-order valence-corrected chi connectivity index (χ0v) is 13.8. The molecule has 4 aromatic rings. The van der Waals surface area contributed by atoms with Crippen molar-refractivity contribution in [3.8, 4) is 0 Å². The second-order valence-corrected chi connectivity index (χ2v) is 5.49. The topological polar surface area (TPSA) is 69.1 Å². The maximum atomic E-state index is 13.5. The van der Waals surface area contributed by atoms with Gasteiger partial charge in [-0.15, -0.1) is 0 Å². The van der Waals surface area contributed by atoms with Crippen LogP contribution in [0.1, 0.15) is 16.7 Å². The number of rotatable bonds is 2. The van der Waals surface area contributed by atoms with Crippen LogP contribution in [0.2, 0.25) is 0 Å². The summed E-state index contributed by atoms with van der Waals surface area (Å²) < 4.78 is 49.6. The van der Waals surface area contributed by atoms with Crippen LogP contribution in [0.15, 0.2) is 80.8 Å². The first kappa shape index (κ1) is 18.4. The van der Waals surface area contributed by atoms with Gasteiger partial charge in [-0.1, -0.05) is 58.8 Å². The lowest BCUT2D eigenvalue weighted by atomic mass is 9.98. The van der Waals surface area contributed by atoms with Crippen LogP contribution in [-0.2, 0) is 12.6 Å². The number of hydrogen-bond acceptors (Lipinski definition) is 5. The molecule has 0 amide bonds. The van der Waals surface area contributed by atoms with Crippen LogP contribution < -0.4 is 5.63 Å². The minimum atomic E-state index is -4.63. The summed E-state index contributed by atoms with van der Waals surface area (Å²) in [6.07, 6.45) is -1.80. The summed E-state index contributed by atoms with van der Waals surface area (Å²) in [5.41, 5.74) is -1.66. The van der Waals surface area contributed by atoms with Crippen molar-refractivity contribution in [2.75, 3.05) is 0 Å². The molecule has 0 N–H and O–H groups in total. The maximum absolute atomic E-state index is 13.5. The van der Waals surface area contributed by atoms with Crippen LogP contribution in [0.3, 0.4) is 0 Å². The monoisotopic (exact) mass is 374 g/mol. The molecule has 2 heterocycles. The molecular formula is C19H13F3N2O3. The summed E-state index contributed by atoms with van der Waals surface area (Å²) in [6, 6.07) is 14.2. The maximum Gasteiger partial charge on any atom is 0.417 e. The Morgan fingerprint density at radius 1 is 0.889 bits per heavy atom. The number of para-hydroxylation sites is 1. The van der Waals surface area contributed by atoms with Crippen molar-refractivity contribution in [1.29, 1.82) is 0 Å². The molecule has 0 spiro atoms. The van der Waals surface area contributed by atoms with Crippen molar-refractivity contribution in [1.82, 2.24) is 10.3 Å². The molecule has 0 aliphatic heterocycles. The van der Waals surface area contributed by atoms with E-state index in [0.29, 0.717) is 5.56 Å². The molecule has 0 radical (unpaired) electrons. The molecule has 27 heavy (non-hydrogen) atoms. The number of aromatic nitrogens is 2. The van der Waals surface area contributed by atoms with E-state index in [1.807, 2.05) is 0 Å². The van der Waals surface area contributed by atoms with Crippen molar-refractivity contribution < 1.29 is 22.2 Å². The number of nitrogens with zero attached hydrogens (tertiary/aromatic N) is 2. The van der Waals surface area contributed by atoms with Crippen molar-refractivity contribution >= 4 is 11.0 Å². The average molecular weight is 374 g/mol. The van der Waals surface area contributed by atoms with Gasteiger partial charge in [-0.3, -0.25) is 0 Å². The zero-order valence-electron chi connectivity index (χ0n) is 13.8. The van der Waals surface area contributed by atoms with Gasteiger partial charge in [-0.2, -0.15) is 13.2 Å². The van der Waals surface area contributed by atoms with Crippen molar-refractivity contribution in [2.45, 2.75) is 12.6 Å². The molecule has 0 atom stereocenters. The predicted molar refractivity (Wildman–Crippen MR) is 91.0 cm³/mol. The summed E-state index contributed by atoms with van der Waals surface area (Å²) in [4.78, 5) is 12.0. The third-order valence-corrected chi connectivity index (χ3v) is 3.70. The lowest BCUT2D eigenvalue weighted by Crippen LogP contribution is -2.19. The van der Waals surface area contributed by atoms with Crippen LogP contribution in [0.4, 0.5) is 13.2 Å². The fourth-order valence-corrected chi connectivity index (χ4v) is 2.61. The molecule has 0 saturated heterocycles. The van der Waals surface area contributed by atoms with Gasteiger partial charge in [-0.25, -0.2) is 9.42 Å². The van der Waals surface area contributed by atoms with Crippen molar-refractivity contribution in [3.63, 3.8) is 0 Å². The fourth-order valence-electron chi connectivity index (χ4n) is 2.61. The van der Waals surface area contributed by atoms with E-state index in [-0.39, 0.29) is 23.0 Å². The molecule has 0 aliphatic rings. The highest BCUT2D eigenvalue weighted by atomic mass is 19.4. The van der Waals surface area contributed by atoms with E-state index in [2.05, 4.69) is 14.9 Å². The Bertz CT molecular complexity index is 1040. The SMILES string of the molecule is O=c1oc2ccccc2c(C(F)(F)F)c1Cc1ccccc1.c1cnon1. The summed E-state index contributed by atoms with van der Waals surface area (Å²) >= 11 is 0. The van der Waals surface area contributed by atoms with Crippen LogP contribution in [0.5, 0.6) is 0 Å². The number of benzene rings is 2. The summed E-state index contributed by atoms with van der Waals surface area (Å²) in [5.74, 6) is 0. The van der Waals surface area contributed by atoms with Gasteiger partial charge < -0.3 is 4.42 Å². The van der Waals surface area contributed by atoms with E-state index >= 15 is 0 Å². The molecule has 0 bridgehead atoms. The second-order valence-electron chi connectivity index (χ2n) is 5.49. The Morgan fingerprint density at radius 2 is 1.52 bits per heavy atom. The molecule has 0 unspecified atom stereocenters. The number of hydrogen-bond donors (Lipinski definition) is 0. The van der Waals surface area contributed by atoms with Crippen LogP contribution in [0, 0.1) is 0 Å². The van der Waals surface area contributed by atoms with Crippen molar-refractivity contribution in [3.05, 3.63) is 94.1 Å². The molecular weight excluding hydrogens is 361 g/mol. The summed E-state index contributed by atoms with van der Waals surface area (Å²) in [7, 11) is 0. The minimum absolute atomic E-state index is 0.0587. The Hall–Kier alpha value is -3.42. The van der Waals surface area contributed by atoms with Gasteiger partial charge >= 0.3 is 11.8 Å². The summed E-state index contributed by atoms with van der Waals surface area (Å²) in [5, 5.41) is 6.38. The average Bonchev–Trinajstić information content (AvgIpc) is 3.22. The Labute approximate surface area is 151 Å². The minimum Gasteiger partial charge on any atom is -0.422 e. The predicted octanol–water partition coefficient (Wildman–Crippen LogP) is 4.47. The van der Waals surface area contributed by atoms with Crippen molar-refractivity contribution in [2.24, 2.45) is 0 Å². The highest BCUT2D eigenvalue weighted by Gasteiger charge is 2.37. The molecule has 5 nitrogen and oxygen atoms in total. The zero-order chi connectivity index (χ0) is 19.3. The van der Waals surface area contributed by atoms with Gasteiger partial charge in [0.1, 0.15) is 5.58 Å². The summed E-state index contributed by atoms with van der Waals surface area (Å²) in [6.45, 7) is 0. The molecule has 2 aromatic carbocycles. The normalized spacial score (nSPS) is 11.1. The first-order valence-corrected chi connectivity index (χ1v) is 7.84. The van der Waals surface area contributed by atoms with E-state index in [0.717, 1.165) is 0 Å². The number of fused-ring (bicyclic) bond motifs is 1. The van der Waals surface area contributed by atoms with E-state index < -0.39 is 17.4 Å². The first-order valence-electron chi connectivity index (χ1n) is 7.84. The van der Waals surface area contributed by atoms with Gasteiger partial charge in [0.15, 0.2) is 0 Å². The molecule has 0 aliphatic carbocycles. The van der Waals surface area contributed by atoms with Crippen LogP contribution >= 0.6 is 0 Å². The highest BCUT2D eigenvalue weighted by molar-refractivity contribution is 5.81. The van der Waals surface area contributed by atoms with Gasteiger partial charge in [-0.05, 0) is 11.6 Å². The quantitative estimate of drug-likeness (QED) is 0.484. The molecule has 2 aromatic heterocycles. The molecule has 138 valence electrons. The van der Waals surface area contributed by atoms with Gasteiger partial charge in [0.25, 0.3) is 0 Å².